The van der Waals surface area contributed by atoms with Gasteiger partial charge in [0.2, 0.25) is 6.04 Å². The van der Waals surface area contributed by atoms with Gasteiger partial charge >= 0.3 is 17.9 Å². The summed E-state index contributed by atoms with van der Waals surface area (Å²) in [6.07, 6.45) is 0. The third-order valence-electron chi connectivity index (χ3n) is 4.22. The number of para-hydroxylation sites is 1. The van der Waals surface area contributed by atoms with Gasteiger partial charge in [-0.2, -0.15) is 0 Å². The van der Waals surface area contributed by atoms with Crippen molar-refractivity contribution in [1.29, 1.82) is 0 Å². The van der Waals surface area contributed by atoms with Crippen molar-refractivity contribution >= 4 is 35.1 Å². The molecule has 0 atom stereocenters. The molecule has 0 amide bonds. The molecule has 0 unspecified atom stereocenters. The maximum Gasteiger partial charge on any atom is 0.343 e. The van der Waals surface area contributed by atoms with E-state index in [0.29, 0.717) is 5.69 Å². The zero-order valence-electron chi connectivity index (χ0n) is 15.8. The second-order valence-electron chi connectivity index (χ2n) is 5.83. The van der Waals surface area contributed by atoms with Crippen LogP contribution in [-0.2, 0) is 23.8 Å². The highest BCUT2D eigenvalue weighted by atomic mass is 16.5. The Morgan fingerprint density at radius 2 is 1.59 bits per heavy atom. The van der Waals surface area contributed by atoms with Crippen molar-refractivity contribution in [3.63, 3.8) is 0 Å². The number of H-pyrrole nitrogens is 1. The van der Waals surface area contributed by atoms with Crippen LogP contribution in [0.15, 0.2) is 41.2 Å². The van der Waals surface area contributed by atoms with E-state index in [1.165, 1.54) is 11.1 Å². The van der Waals surface area contributed by atoms with E-state index in [-0.39, 0.29) is 17.1 Å². The minimum absolute atomic E-state index is 0.162. The number of rotatable bonds is 5. The lowest BCUT2D eigenvalue weighted by atomic mass is 10.2. The van der Waals surface area contributed by atoms with Gasteiger partial charge in [-0.1, -0.05) is 18.2 Å². The van der Waals surface area contributed by atoms with Crippen molar-refractivity contribution < 1.29 is 28.6 Å². The molecule has 3 rings (SSSR count). The van der Waals surface area contributed by atoms with Gasteiger partial charge in [0.25, 0.3) is 5.56 Å². The molecule has 0 bridgehead atoms. The van der Waals surface area contributed by atoms with Crippen LogP contribution in [0.4, 0.5) is 17.2 Å². The summed E-state index contributed by atoms with van der Waals surface area (Å²) in [6, 6.07) is 8.46. The van der Waals surface area contributed by atoms with Gasteiger partial charge in [0, 0.05) is 0 Å². The third-order valence-corrected chi connectivity index (χ3v) is 4.22. The Balaban J connectivity index is 2.20. The normalized spacial score (nSPS) is 12.6. The molecule has 0 saturated heterocycles. The van der Waals surface area contributed by atoms with Crippen LogP contribution in [0.3, 0.4) is 0 Å². The van der Waals surface area contributed by atoms with Crippen LogP contribution in [-0.4, -0.2) is 50.3 Å². The summed E-state index contributed by atoms with van der Waals surface area (Å²) in [6.45, 7) is 0. The van der Waals surface area contributed by atoms with E-state index >= 15 is 0 Å². The lowest BCUT2D eigenvalue weighted by molar-refractivity contribution is -0.154. The summed E-state index contributed by atoms with van der Waals surface area (Å²) in [4.78, 5) is 51.6. The molecule has 1 aliphatic heterocycles. The molecule has 2 aromatic rings. The Morgan fingerprint density at radius 1 is 0.966 bits per heavy atom. The van der Waals surface area contributed by atoms with Crippen LogP contribution in [0.5, 0.6) is 0 Å². The smallest absolute Gasteiger partial charge is 0.343 e. The van der Waals surface area contributed by atoms with Crippen LogP contribution in [0.25, 0.3) is 0 Å². The topological polar surface area (TPSA) is 130 Å². The van der Waals surface area contributed by atoms with Crippen molar-refractivity contribution in [1.82, 2.24) is 10.5 Å². The fourth-order valence-corrected chi connectivity index (χ4v) is 2.83. The molecule has 29 heavy (non-hydrogen) atoms. The van der Waals surface area contributed by atoms with Gasteiger partial charge in [-0.3, -0.25) is 9.80 Å². The highest BCUT2D eigenvalue weighted by Gasteiger charge is 2.42. The summed E-state index contributed by atoms with van der Waals surface area (Å²) in [5, 5.41) is 2.58. The van der Waals surface area contributed by atoms with Crippen LogP contribution in [0.1, 0.15) is 10.4 Å². The van der Waals surface area contributed by atoms with Crippen LogP contribution >= 0.6 is 0 Å². The maximum absolute atomic E-state index is 12.4. The van der Waals surface area contributed by atoms with Gasteiger partial charge < -0.3 is 19.2 Å². The number of carbonyl (C=O) groups excluding carboxylic acids is 3. The molecule has 0 fully saturated rings. The van der Waals surface area contributed by atoms with Gasteiger partial charge in [-0.25, -0.2) is 19.4 Å². The first kappa shape index (κ1) is 19.9. The summed E-state index contributed by atoms with van der Waals surface area (Å²) < 4.78 is 14.1. The molecule has 1 aromatic carbocycles. The second-order valence-corrected chi connectivity index (χ2v) is 5.83. The van der Waals surface area contributed by atoms with E-state index in [1.54, 1.807) is 30.3 Å². The Labute approximate surface area is 164 Å². The number of aromatic nitrogens is 1. The van der Waals surface area contributed by atoms with Crippen LogP contribution < -0.4 is 21.1 Å². The van der Waals surface area contributed by atoms with E-state index in [2.05, 4.69) is 15.3 Å². The lowest BCUT2D eigenvalue weighted by Gasteiger charge is -2.26. The average Bonchev–Trinajstić information content (AvgIpc) is 3.10. The minimum atomic E-state index is -1.55. The lowest BCUT2D eigenvalue weighted by Crippen LogP contribution is -2.55. The van der Waals surface area contributed by atoms with Gasteiger partial charge in [0.1, 0.15) is 5.56 Å². The highest BCUT2D eigenvalue weighted by Crippen LogP contribution is 2.37. The van der Waals surface area contributed by atoms with Crippen LogP contribution in [0, 0.1) is 0 Å². The van der Waals surface area contributed by atoms with Crippen molar-refractivity contribution in [2.75, 3.05) is 31.3 Å². The zero-order chi connectivity index (χ0) is 21.1. The molecule has 1 aliphatic rings. The van der Waals surface area contributed by atoms with Gasteiger partial charge in [-0.15, -0.1) is 5.53 Å². The molecule has 0 radical (unpaired) electrons. The summed E-state index contributed by atoms with van der Waals surface area (Å²) in [5.41, 5.74) is 2.60. The molecule has 11 heteroatoms. The quantitative estimate of drug-likeness (QED) is 0.408. The number of hydrogen-bond donors (Lipinski definition) is 2. The number of aromatic amines is 1. The minimum Gasteiger partial charge on any atom is -0.467 e. The molecule has 11 nitrogen and oxygen atoms in total. The number of esters is 3. The van der Waals surface area contributed by atoms with Crippen molar-refractivity contribution in [3.8, 4) is 0 Å². The predicted molar refractivity (Wildman–Crippen MR) is 100 cm³/mol. The first-order chi connectivity index (χ1) is 13.9. The SMILES string of the molecule is COC(=O)c1cc2c([nH]c1=O)N(c1ccccc1)NN2C(C(=O)OC)C(=O)OC. The number of ether oxygens (including phenoxy) is 3. The molecule has 1 aromatic heterocycles. The second kappa shape index (κ2) is 8.02. The summed E-state index contributed by atoms with van der Waals surface area (Å²) in [5.74, 6) is -2.49. The van der Waals surface area contributed by atoms with Gasteiger partial charge in [0.05, 0.1) is 32.7 Å². The molecule has 152 valence electrons. The number of benzene rings is 1. The number of hydrogen-bond acceptors (Lipinski definition) is 10. The zero-order valence-corrected chi connectivity index (χ0v) is 15.8. The molecule has 0 aliphatic carbocycles. The first-order valence-corrected chi connectivity index (χ1v) is 8.35. The van der Waals surface area contributed by atoms with Gasteiger partial charge in [0.15, 0.2) is 5.82 Å². The van der Waals surface area contributed by atoms with Crippen molar-refractivity contribution in [2.24, 2.45) is 0 Å². The largest absolute Gasteiger partial charge is 0.467 e. The maximum atomic E-state index is 12.4. The average molecular weight is 402 g/mol. The van der Waals surface area contributed by atoms with Crippen LogP contribution in [0.2, 0.25) is 0 Å². The molecule has 0 saturated carbocycles. The van der Waals surface area contributed by atoms with E-state index in [4.69, 9.17) is 9.47 Å². The molecule has 2 heterocycles. The number of pyridine rings is 1. The molecule has 0 spiro atoms. The number of anilines is 3. The Hall–Kier alpha value is -3.86. The highest BCUT2D eigenvalue weighted by molar-refractivity contribution is 6.04. The fourth-order valence-electron chi connectivity index (χ4n) is 2.83. The molecule has 2 N–H and O–H groups in total. The van der Waals surface area contributed by atoms with E-state index < -0.39 is 29.5 Å². The number of nitrogens with one attached hydrogen (secondary N) is 2. The number of methoxy groups -OCH3 is 3. The molecular weight excluding hydrogens is 384 g/mol. The molecular formula is C18H18N4O7. The first-order valence-electron chi connectivity index (χ1n) is 8.35. The van der Waals surface area contributed by atoms with E-state index in [9.17, 15) is 19.2 Å². The number of hydrazine groups is 2. The Bertz CT molecular complexity index is 989. The number of nitrogens with zero attached hydrogens (tertiary/aromatic N) is 2. The monoisotopic (exact) mass is 402 g/mol. The van der Waals surface area contributed by atoms with Gasteiger partial charge in [-0.05, 0) is 18.2 Å². The van der Waals surface area contributed by atoms with E-state index in [1.807, 2.05) is 0 Å². The van der Waals surface area contributed by atoms with Crippen molar-refractivity contribution in [2.45, 2.75) is 6.04 Å². The predicted octanol–water partition coefficient (Wildman–Crippen LogP) is 0.254. The Morgan fingerprint density at radius 3 is 2.14 bits per heavy atom. The fraction of sp³-hybridized carbons (Fsp3) is 0.222. The number of carbonyl (C=O) groups is 3. The Kier molecular flexibility index (Phi) is 5.50. The number of fused-ring (bicyclic) bond motifs is 1. The summed E-state index contributed by atoms with van der Waals surface area (Å²) >= 11 is 0. The third kappa shape index (κ3) is 3.50. The van der Waals surface area contributed by atoms with Crippen molar-refractivity contribution in [3.05, 3.63) is 52.3 Å². The standard InChI is InChI=1S/C18H18N4O7/c1-27-16(24)11-9-12-14(19-15(11)23)21(10-7-5-4-6-8-10)20-22(12)13(17(25)28-2)18(26)29-3/h4-9,13,20H,1-3H3,(H,19,23). The summed E-state index contributed by atoms with van der Waals surface area (Å²) in [7, 11) is 3.38. The van der Waals surface area contributed by atoms with E-state index in [0.717, 1.165) is 26.3 Å².